The van der Waals surface area contributed by atoms with Gasteiger partial charge in [-0.15, -0.1) is 0 Å². The van der Waals surface area contributed by atoms with Crippen molar-refractivity contribution >= 4 is 17.7 Å². The van der Waals surface area contributed by atoms with Gasteiger partial charge in [-0.1, -0.05) is 91.0 Å². The molecule has 3 amide bonds. The van der Waals surface area contributed by atoms with Gasteiger partial charge in [-0.25, -0.2) is 0 Å². The number of carbonyl (C=O) groups excluding carboxylic acids is 3. The number of carbonyl (C=O) groups is 3. The van der Waals surface area contributed by atoms with Crippen molar-refractivity contribution in [1.82, 2.24) is 15.5 Å². The number of hydrogen-bond acceptors (Lipinski definition) is 5. The van der Waals surface area contributed by atoms with E-state index in [1.54, 1.807) is 4.90 Å². The summed E-state index contributed by atoms with van der Waals surface area (Å²) in [7, 11) is 0. The molecular formula is C33H38N4O4. The van der Waals surface area contributed by atoms with E-state index >= 15 is 0 Å². The number of nitrogens with two attached hydrogens (primary N) is 1. The highest BCUT2D eigenvalue weighted by atomic mass is 16.3. The Morgan fingerprint density at radius 3 is 2.00 bits per heavy atom. The first-order valence-electron chi connectivity index (χ1n) is 14.4. The molecule has 3 aromatic carbocycles. The fourth-order valence-electron chi connectivity index (χ4n) is 6.18. The smallest absolute Gasteiger partial charge is 0.246 e. The SMILES string of the molecule is NC(Cc1ccccc1)C(=O)NC1C(=O)N2C(CCC1CO)CCC2C(=O)NC(c1ccccc1)c1ccccc1. The van der Waals surface area contributed by atoms with Crippen LogP contribution in [0.3, 0.4) is 0 Å². The van der Waals surface area contributed by atoms with Crippen molar-refractivity contribution in [3.8, 4) is 0 Å². The third-order valence-electron chi connectivity index (χ3n) is 8.39. The van der Waals surface area contributed by atoms with Crippen molar-refractivity contribution in [1.29, 1.82) is 0 Å². The molecule has 2 aliphatic heterocycles. The van der Waals surface area contributed by atoms with Crippen LogP contribution in [-0.4, -0.2) is 58.5 Å². The van der Waals surface area contributed by atoms with E-state index in [4.69, 9.17) is 5.73 Å². The molecule has 0 bridgehead atoms. The summed E-state index contributed by atoms with van der Waals surface area (Å²) in [6.07, 6.45) is 2.78. The second-order valence-electron chi connectivity index (χ2n) is 11.1. The lowest BCUT2D eigenvalue weighted by Crippen LogP contribution is -2.58. The standard InChI is InChI=1S/C33H38N4O4/c34-27(20-22-10-4-1-5-11-22)31(39)36-30-25(21-38)16-17-26-18-19-28(37(26)33(30)41)32(40)35-29(23-12-6-2-7-13-23)24-14-8-3-9-15-24/h1-15,25-30,38H,16-21,34H2,(H,35,40)(H,36,39). The van der Waals surface area contributed by atoms with Gasteiger partial charge in [0, 0.05) is 18.6 Å². The highest BCUT2D eigenvalue weighted by Gasteiger charge is 2.47. The molecule has 0 saturated carbocycles. The summed E-state index contributed by atoms with van der Waals surface area (Å²) in [5.74, 6) is -1.46. The molecule has 0 spiro atoms. The Morgan fingerprint density at radius 2 is 1.41 bits per heavy atom. The second kappa shape index (κ2) is 13.1. The van der Waals surface area contributed by atoms with E-state index in [9.17, 15) is 19.5 Å². The van der Waals surface area contributed by atoms with Crippen LogP contribution in [0.25, 0.3) is 0 Å². The van der Waals surface area contributed by atoms with Gasteiger partial charge in [0.1, 0.15) is 12.1 Å². The summed E-state index contributed by atoms with van der Waals surface area (Å²) in [5, 5.41) is 16.2. The lowest BCUT2D eigenvalue weighted by Gasteiger charge is -2.33. The van der Waals surface area contributed by atoms with E-state index in [1.807, 2.05) is 91.0 Å². The molecule has 2 fully saturated rings. The van der Waals surface area contributed by atoms with Gasteiger partial charge in [0.25, 0.3) is 0 Å². The van der Waals surface area contributed by atoms with Crippen LogP contribution in [0.2, 0.25) is 0 Å². The Morgan fingerprint density at radius 1 is 0.854 bits per heavy atom. The maximum atomic E-state index is 14.0. The van der Waals surface area contributed by atoms with Gasteiger partial charge < -0.3 is 26.4 Å². The van der Waals surface area contributed by atoms with E-state index in [0.29, 0.717) is 32.1 Å². The zero-order valence-corrected chi connectivity index (χ0v) is 23.1. The Labute approximate surface area is 240 Å². The van der Waals surface area contributed by atoms with Crippen LogP contribution >= 0.6 is 0 Å². The van der Waals surface area contributed by atoms with Gasteiger partial charge in [-0.3, -0.25) is 14.4 Å². The molecule has 0 radical (unpaired) electrons. The van der Waals surface area contributed by atoms with Crippen LogP contribution in [0.4, 0.5) is 0 Å². The highest BCUT2D eigenvalue weighted by Crippen LogP contribution is 2.34. The van der Waals surface area contributed by atoms with Crippen LogP contribution in [0.15, 0.2) is 91.0 Å². The normalized spacial score (nSPS) is 23.0. The number of aliphatic hydroxyl groups excluding tert-OH is 1. The number of rotatable bonds is 9. The molecule has 2 aliphatic rings. The number of fused-ring (bicyclic) bond motifs is 1. The predicted octanol–water partition coefficient (Wildman–Crippen LogP) is 2.71. The zero-order chi connectivity index (χ0) is 28.8. The first-order valence-corrected chi connectivity index (χ1v) is 14.4. The number of nitrogens with zero attached hydrogens (tertiary/aromatic N) is 1. The summed E-state index contributed by atoms with van der Waals surface area (Å²) in [4.78, 5) is 42.7. The molecule has 41 heavy (non-hydrogen) atoms. The Balaban J connectivity index is 1.34. The fraction of sp³-hybridized carbons (Fsp3) is 0.364. The Kier molecular flexibility index (Phi) is 9.11. The van der Waals surface area contributed by atoms with E-state index in [1.165, 1.54) is 0 Å². The maximum absolute atomic E-state index is 14.0. The molecule has 0 aromatic heterocycles. The second-order valence-corrected chi connectivity index (χ2v) is 11.1. The number of aliphatic hydroxyl groups is 1. The summed E-state index contributed by atoms with van der Waals surface area (Å²) in [6, 6.07) is 26.0. The van der Waals surface area contributed by atoms with Crippen molar-refractivity contribution in [2.24, 2.45) is 11.7 Å². The van der Waals surface area contributed by atoms with Crippen LogP contribution in [0.1, 0.15) is 48.4 Å². The fourth-order valence-corrected chi connectivity index (χ4v) is 6.18. The van der Waals surface area contributed by atoms with E-state index < -0.39 is 30.0 Å². The molecule has 2 heterocycles. The minimum atomic E-state index is -0.952. The van der Waals surface area contributed by atoms with Crippen molar-refractivity contribution < 1.29 is 19.5 Å². The van der Waals surface area contributed by atoms with Crippen molar-refractivity contribution in [3.63, 3.8) is 0 Å². The molecule has 3 aromatic rings. The van der Waals surface area contributed by atoms with Gasteiger partial charge in [-0.2, -0.15) is 0 Å². The largest absolute Gasteiger partial charge is 0.396 e. The summed E-state index contributed by atoms with van der Waals surface area (Å²) >= 11 is 0. The summed E-state index contributed by atoms with van der Waals surface area (Å²) in [6.45, 7) is -0.244. The average molecular weight is 555 g/mol. The van der Waals surface area contributed by atoms with Crippen molar-refractivity contribution in [3.05, 3.63) is 108 Å². The molecule has 5 N–H and O–H groups in total. The van der Waals surface area contributed by atoms with Crippen LogP contribution in [0, 0.1) is 5.92 Å². The number of amides is 3. The molecule has 2 saturated heterocycles. The first-order chi connectivity index (χ1) is 20.0. The van der Waals surface area contributed by atoms with Gasteiger partial charge in [0.2, 0.25) is 17.7 Å². The summed E-state index contributed by atoms with van der Waals surface area (Å²) in [5.41, 5.74) is 9.03. The van der Waals surface area contributed by atoms with Crippen LogP contribution in [-0.2, 0) is 20.8 Å². The quantitative estimate of drug-likeness (QED) is 0.324. The first kappa shape index (κ1) is 28.5. The van der Waals surface area contributed by atoms with E-state index in [0.717, 1.165) is 16.7 Å². The molecule has 214 valence electrons. The third-order valence-corrected chi connectivity index (χ3v) is 8.39. The lowest BCUT2D eigenvalue weighted by molar-refractivity contribution is -0.144. The molecular weight excluding hydrogens is 516 g/mol. The molecule has 8 nitrogen and oxygen atoms in total. The molecule has 0 aliphatic carbocycles. The molecule has 5 rings (SSSR count). The molecule has 8 heteroatoms. The van der Waals surface area contributed by atoms with Gasteiger partial charge in [-0.05, 0) is 48.8 Å². The van der Waals surface area contributed by atoms with E-state index in [2.05, 4.69) is 10.6 Å². The maximum Gasteiger partial charge on any atom is 0.246 e. The predicted molar refractivity (Wildman–Crippen MR) is 156 cm³/mol. The van der Waals surface area contributed by atoms with Gasteiger partial charge in [0.15, 0.2) is 0 Å². The topological polar surface area (TPSA) is 125 Å². The van der Waals surface area contributed by atoms with Crippen LogP contribution in [0.5, 0.6) is 0 Å². The van der Waals surface area contributed by atoms with Gasteiger partial charge in [0.05, 0.1) is 12.1 Å². The highest BCUT2D eigenvalue weighted by molar-refractivity contribution is 5.94. The zero-order valence-electron chi connectivity index (χ0n) is 23.1. The number of benzene rings is 3. The van der Waals surface area contributed by atoms with Gasteiger partial charge >= 0.3 is 0 Å². The minimum absolute atomic E-state index is 0.126. The average Bonchev–Trinajstić information content (AvgIpc) is 3.39. The number of nitrogens with one attached hydrogen (secondary N) is 2. The molecule has 5 atom stereocenters. The van der Waals surface area contributed by atoms with Crippen LogP contribution < -0.4 is 16.4 Å². The lowest BCUT2D eigenvalue weighted by atomic mass is 9.93. The Bertz CT molecular complexity index is 1280. The molecule has 5 unspecified atom stereocenters. The van der Waals surface area contributed by atoms with Crippen molar-refractivity contribution in [2.75, 3.05) is 6.61 Å². The summed E-state index contributed by atoms with van der Waals surface area (Å²) < 4.78 is 0. The Hall–Kier alpha value is -4.01. The monoisotopic (exact) mass is 554 g/mol. The minimum Gasteiger partial charge on any atom is -0.396 e. The number of hydrogen-bond donors (Lipinski definition) is 4. The van der Waals surface area contributed by atoms with Crippen molar-refractivity contribution in [2.45, 2.75) is 62.3 Å². The van der Waals surface area contributed by atoms with E-state index in [-0.39, 0.29) is 30.5 Å². The third kappa shape index (κ3) is 6.50.